The number of carbonyl (C=O) groups is 1. The molecule has 1 fully saturated rings. The molecule has 0 radical (unpaired) electrons. The second-order valence-electron chi connectivity index (χ2n) is 5.82. The van der Waals surface area contributed by atoms with Crippen LogP contribution in [0.5, 0.6) is 11.5 Å². The molecule has 2 heterocycles. The number of carbonyl (C=O) groups excluding carboxylic acids is 1. The molecule has 0 spiro atoms. The summed E-state index contributed by atoms with van der Waals surface area (Å²) in [6.45, 7) is 4.22. The quantitative estimate of drug-likeness (QED) is 0.856. The van der Waals surface area contributed by atoms with Gasteiger partial charge in [0.25, 0.3) is 0 Å². The van der Waals surface area contributed by atoms with E-state index in [9.17, 15) is 4.79 Å². The minimum absolute atomic E-state index is 0.0148. The molecule has 1 aromatic rings. The Morgan fingerprint density at radius 2 is 2.05 bits per heavy atom. The van der Waals surface area contributed by atoms with E-state index in [0.717, 1.165) is 42.9 Å². The van der Waals surface area contributed by atoms with E-state index in [-0.39, 0.29) is 17.2 Å². The summed E-state index contributed by atoms with van der Waals surface area (Å²) in [4.78, 5) is 14.6. The highest BCUT2D eigenvalue weighted by Crippen LogP contribution is 2.38. The number of hydrogen-bond acceptors (Lipinski definition) is 4. The first-order chi connectivity index (χ1) is 10.7. The van der Waals surface area contributed by atoms with Gasteiger partial charge in [0, 0.05) is 13.0 Å². The first-order valence-corrected chi connectivity index (χ1v) is 9.22. The minimum Gasteiger partial charge on any atom is -0.490 e. The van der Waals surface area contributed by atoms with Crippen molar-refractivity contribution >= 4 is 17.7 Å². The van der Waals surface area contributed by atoms with Crippen molar-refractivity contribution in [3.05, 3.63) is 23.8 Å². The fourth-order valence-electron chi connectivity index (χ4n) is 3.10. The average Bonchev–Trinajstić information content (AvgIpc) is 2.91. The lowest BCUT2D eigenvalue weighted by molar-refractivity contribution is -0.131. The number of thioether (sulfide) groups is 1. The zero-order valence-electron chi connectivity index (χ0n) is 13.2. The van der Waals surface area contributed by atoms with E-state index >= 15 is 0 Å². The van der Waals surface area contributed by atoms with E-state index in [0.29, 0.717) is 13.2 Å². The molecule has 0 aliphatic carbocycles. The number of likely N-dealkylation sites (tertiary alicyclic amines) is 1. The number of rotatable bonds is 3. The third-order valence-corrected chi connectivity index (χ3v) is 5.30. The van der Waals surface area contributed by atoms with E-state index in [1.807, 2.05) is 24.1 Å². The zero-order valence-corrected chi connectivity index (χ0v) is 14.0. The summed E-state index contributed by atoms with van der Waals surface area (Å²) in [7, 11) is 0. The molecule has 0 saturated carbocycles. The molecule has 120 valence electrons. The lowest BCUT2D eigenvalue weighted by atomic mass is 10.0. The molecule has 2 aliphatic rings. The summed E-state index contributed by atoms with van der Waals surface area (Å²) in [6, 6.07) is 6.28. The molecule has 1 amide bonds. The summed E-state index contributed by atoms with van der Waals surface area (Å²) < 4.78 is 11.5. The van der Waals surface area contributed by atoms with Crippen LogP contribution in [0.4, 0.5) is 0 Å². The van der Waals surface area contributed by atoms with Crippen molar-refractivity contribution < 1.29 is 14.3 Å². The Hall–Kier alpha value is -1.36. The van der Waals surface area contributed by atoms with Crippen molar-refractivity contribution in [3.8, 4) is 11.5 Å². The van der Waals surface area contributed by atoms with Gasteiger partial charge in [-0.1, -0.05) is 6.07 Å². The van der Waals surface area contributed by atoms with Crippen LogP contribution in [-0.4, -0.2) is 42.1 Å². The lowest BCUT2D eigenvalue weighted by Crippen LogP contribution is -2.36. The van der Waals surface area contributed by atoms with Crippen LogP contribution >= 0.6 is 11.8 Å². The number of hydrogen-bond donors (Lipinski definition) is 0. The third-order valence-electron chi connectivity index (χ3n) is 4.39. The molecule has 1 aromatic carbocycles. The van der Waals surface area contributed by atoms with Gasteiger partial charge in [-0.25, -0.2) is 0 Å². The Morgan fingerprint density at radius 1 is 1.27 bits per heavy atom. The maximum Gasteiger partial charge on any atom is 0.235 e. The van der Waals surface area contributed by atoms with Crippen molar-refractivity contribution in [1.82, 2.24) is 4.90 Å². The molecule has 0 N–H and O–H groups in total. The maximum atomic E-state index is 12.6. The second kappa shape index (κ2) is 6.82. The highest BCUT2D eigenvalue weighted by atomic mass is 32.2. The van der Waals surface area contributed by atoms with Gasteiger partial charge in [0.1, 0.15) is 0 Å². The maximum absolute atomic E-state index is 12.6. The SMILES string of the molecule is CS[C@@H](C)C(=O)N1CCC[C@H]1c1ccc2c(c1)OCCCO2. The van der Waals surface area contributed by atoms with Crippen LogP contribution in [0, 0.1) is 0 Å². The van der Waals surface area contributed by atoms with E-state index in [4.69, 9.17) is 9.47 Å². The minimum atomic E-state index is 0.0148. The topological polar surface area (TPSA) is 38.8 Å². The Kier molecular flexibility index (Phi) is 4.81. The van der Waals surface area contributed by atoms with Gasteiger partial charge < -0.3 is 14.4 Å². The molecular formula is C17H23NO3S. The summed E-state index contributed by atoms with van der Waals surface area (Å²) >= 11 is 1.61. The van der Waals surface area contributed by atoms with Crippen molar-refractivity contribution in [2.75, 3.05) is 26.0 Å². The van der Waals surface area contributed by atoms with E-state index < -0.39 is 0 Å². The van der Waals surface area contributed by atoms with Crippen LogP contribution in [0.3, 0.4) is 0 Å². The average molecular weight is 321 g/mol. The molecule has 3 rings (SSSR count). The van der Waals surface area contributed by atoms with Gasteiger partial charge in [-0.3, -0.25) is 4.79 Å². The predicted octanol–water partition coefficient (Wildman–Crippen LogP) is 3.26. The number of ether oxygens (including phenoxy) is 2. The van der Waals surface area contributed by atoms with Crippen LogP contribution in [-0.2, 0) is 4.79 Å². The van der Waals surface area contributed by atoms with Crippen molar-refractivity contribution in [2.45, 2.75) is 37.5 Å². The van der Waals surface area contributed by atoms with Gasteiger partial charge in [-0.15, -0.1) is 0 Å². The lowest BCUT2D eigenvalue weighted by Gasteiger charge is -2.27. The molecular weight excluding hydrogens is 298 g/mol. The molecule has 2 aliphatic heterocycles. The van der Waals surface area contributed by atoms with Crippen LogP contribution in [0.15, 0.2) is 18.2 Å². The molecule has 0 bridgehead atoms. The number of fused-ring (bicyclic) bond motifs is 1. The largest absolute Gasteiger partial charge is 0.490 e. The zero-order chi connectivity index (χ0) is 15.5. The molecule has 5 heteroatoms. The van der Waals surface area contributed by atoms with Gasteiger partial charge in [0.15, 0.2) is 11.5 Å². The number of amides is 1. The van der Waals surface area contributed by atoms with Gasteiger partial charge in [-0.05, 0) is 43.7 Å². The Labute approximate surface area is 136 Å². The van der Waals surface area contributed by atoms with Gasteiger partial charge in [0.05, 0.1) is 24.5 Å². The monoisotopic (exact) mass is 321 g/mol. The fraction of sp³-hybridized carbons (Fsp3) is 0.588. The van der Waals surface area contributed by atoms with E-state index in [1.165, 1.54) is 0 Å². The third kappa shape index (κ3) is 3.05. The first kappa shape index (κ1) is 15.5. The van der Waals surface area contributed by atoms with Crippen molar-refractivity contribution in [3.63, 3.8) is 0 Å². The summed E-state index contributed by atoms with van der Waals surface area (Å²) in [6.07, 6.45) is 4.98. The molecule has 1 saturated heterocycles. The number of benzene rings is 1. The first-order valence-electron chi connectivity index (χ1n) is 7.93. The van der Waals surface area contributed by atoms with Crippen molar-refractivity contribution in [1.29, 1.82) is 0 Å². The Bertz CT molecular complexity index is 549. The highest BCUT2D eigenvalue weighted by Gasteiger charge is 2.32. The van der Waals surface area contributed by atoms with Gasteiger partial charge in [0.2, 0.25) is 5.91 Å². The Morgan fingerprint density at radius 3 is 2.82 bits per heavy atom. The summed E-state index contributed by atoms with van der Waals surface area (Å²) in [5, 5.41) is 0.0148. The van der Waals surface area contributed by atoms with Crippen LogP contribution < -0.4 is 9.47 Å². The van der Waals surface area contributed by atoms with Crippen LogP contribution in [0.25, 0.3) is 0 Å². The van der Waals surface area contributed by atoms with Gasteiger partial charge in [-0.2, -0.15) is 11.8 Å². The van der Waals surface area contributed by atoms with Crippen molar-refractivity contribution in [2.24, 2.45) is 0 Å². The standard InChI is InChI=1S/C17H23NO3S/c1-12(22-2)17(19)18-8-3-5-14(18)13-6-7-15-16(11-13)21-10-4-9-20-15/h6-7,11-12,14H,3-5,8-10H2,1-2H3/t12-,14-/m0/s1. The van der Waals surface area contributed by atoms with E-state index in [2.05, 4.69) is 12.1 Å². The number of nitrogens with zero attached hydrogens (tertiary/aromatic N) is 1. The second-order valence-corrected chi connectivity index (χ2v) is 7.00. The fourth-order valence-corrected chi connectivity index (χ4v) is 3.44. The smallest absolute Gasteiger partial charge is 0.235 e. The predicted molar refractivity (Wildman–Crippen MR) is 88.7 cm³/mol. The molecule has 0 unspecified atom stereocenters. The summed E-state index contributed by atoms with van der Waals surface area (Å²) in [5.41, 5.74) is 1.16. The molecule has 4 nitrogen and oxygen atoms in total. The summed E-state index contributed by atoms with van der Waals surface area (Å²) in [5.74, 6) is 1.86. The Balaban J connectivity index is 1.83. The van der Waals surface area contributed by atoms with Crippen LogP contribution in [0.2, 0.25) is 0 Å². The molecule has 0 aromatic heterocycles. The highest BCUT2D eigenvalue weighted by molar-refractivity contribution is 7.99. The van der Waals surface area contributed by atoms with Gasteiger partial charge >= 0.3 is 0 Å². The van der Waals surface area contributed by atoms with Crippen LogP contribution in [0.1, 0.15) is 37.8 Å². The van der Waals surface area contributed by atoms with E-state index in [1.54, 1.807) is 11.8 Å². The molecule has 2 atom stereocenters. The normalized spacial score (nSPS) is 22.3. The molecule has 22 heavy (non-hydrogen) atoms.